The minimum Gasteiger partial charge on any atom is -0.386 e. The van der Waals surface area contributed by atoms with Gasteiger partial charge in [0.15, 0.2) is 0 Å². The number of anilines is 1. The Bertz CT molecular complexity index is 1350. The quantitative estimate of drug-likeness (QED) is 0.332. The second-order valence-corrected chi connectivity index (χ2v) is 8.11. The van der Waals surface area contributed by atoms with Crippen LogP contribution in [0.5, 0.6) is 0 Å². The van der Waals surface area contributed by atoms with E-state index in [4.69, 9.17) is 4.99 Å². The van der Waals surface area contributed by atoms with Crippen LogP contribution >= 0.6 is 0 Å². The van der Waals surface area contributed by atoms with Crippen LogP contribution in [0.15, 0.2) is 82.8 Å². The van der Waals surface area contributed by atoms with Gasteiger partial charge in [-0.1, -0.05) is 42.5 Å². The van der Waals surface area contributed by atoms with Crippen molar-refractivity contribution in [3.8, 4) is 0 Å². The number of rotatable bonds is 5. The van der Waals surface area contributed by atoms with E-state index < -0.39 is 11.9 Å². The summed E-state index contributed by atoms with van der Waals surface area (Å²) in [5, 5.41) is 0. The summed E-state index contributed by atoms with van der Waals surface area (Å²) < 4.78 is 4.65. The second kappa shape index (κ2) is 8.31. The van der Waals surface area contributed by atoms with Gasteiger partial charge in [-0.05, 0) is 41.0 Å². The van der Waals surface area contributed by atoms with Crippen LogP contribution in [0.1, 0.15) is 22.3 Å². The molecule has 6 heteroatoms. The average molecular weight is 435 g/mol. The number of carbonyl (C=O) groups is 2. The Morgan fingerprint density at radius 2 is 1.73 bits per heavy atom. The van der Waals surface area contributed by atoms with E-state index in [1.54, 1.807) is 6.07 Å². The lowest BCUT2D eigenvalue weighted by molar-refractivity contribution is -0.149. The van der Waals surface area contributed by atoms with Crippen LogP contribution < -0.4 is 4.90 Å². The Balaban J connectivity index is 1.35. The van der Waals surface area contributed by atoms with E-state index >= 15 is 0 Å². The largest absolute Gasteiger partial charge is 0.386 e. The molecule has 0 N–H and O–H groups in total. The van der Waals surface area contributed by atoms with Crippen LogP contribution in [0.25, 0.3) is 5.57 Å². The topological polar surface area (TPSA) is 71.3 Å². The molecule has 0 fully saturated rings. The lowest BCUT2D eigenvalue weighted by atomic mass is 9.99. The Morgan fingerprint density at radius 1 is 0.970 bits per heavy atom. The van der Waals surface area contributed by atoms with Crippen molar-refractivity contribution >= 4 is 46.5 Å². The van der Waals surface area contributed by atoms with Gasteiger partial charge in [-0.15, -0.1) is 0 Å². The molecular formula is C27H21N3O3. The zero-order valence-electron chi connectivity index (χ0n) is 18.3. The van der Waals surface area contributed by atoms with Gasteiger partial charge in [-0.3, -0.25) is 9.98 Å². The fourth-order valence-corrected chi connectivity index (χ4v) is 3.89. The molecule has 6 nitrogen and oxygen atoms in total. The number of esters is 2. The first-order valence-corrected chi connectivity index (χ1v) is 10.6. The van der Waals surface area contributed by atoms with Gasteiger partial charge >= 0.3 is 11.9 Å². The van der Waals surface area contributed by atoms with Gasteiger partial charge in [-0.25, -0.2) is 9.59 Å². The van der Waals surface area contributed by atoms with E-state index in [1.165, 1.54) is 6.08 Å². The SMILES string of the molecule is CN(C)c1ccc(C=Nc2ccc(C3=Nc4c(cccc4C4=CC(=O)OC4=O)C3)cc2)cc1. The molecule has 2 aliphatic heterocycles. The van der Waals surface area contributed by atoms with Gasteiger partial charge in [0.25, 0.3) is 0 Å². The summed E-state index contributed by atoms with van der Waals surface area (Å²) >= 11 is 0. The van der Waals surface area contributed by atoms with E-state index in [2.05, 4.69) is 26.8 Å². The van der Waals surface area contributed by atoms with Crippen LogP contribution in [0.4, 0.5) is 17.1 Å². The van der Waals surface area contributed by atoms with Gasteiger partial charge in [0, 0.05) is 44.1 Å². The molecule has 0 bridgehead atoms. The van der Waals surface area contributed by atoms with Crippen molar-refractivity contribution in [2.24, 2.45) is 9.98 Å². The van der Waals surface area contributed by atoms with Crippen molar-refractivity contribution in [1.29, 1.82) is 0 Å². The van der Waals surface area contributed by atoms with Gasteiger partial charge in [0.1, 0.15) is 0 Å². The van der Waals surface area contributed by atoms with Crippen LogP contribution in [-0.4, -0.2) is 38.0 Å². The molecule has 162 valence electrons. The smallest absolute Gasteiger partial charge is 0.346 e. The molecule has 0 radical (unpaired) electrons. The highest BCUT2D eigenvalue weighted by molar-refractivity contribution is 6.29. The summed E-state index contributed by atoms with van der Waals surface area (Å²) in [7, 11) is 4.03. The molecule has 0 aliphatic carbocycles. The number of cyclic esters (lactones) is 2. The molecule has 0 aromatic heterocycles. The maximum Gasteiger partial charge on any atom is 0.346 e. The summed E-state index contributed by atoms with van der Waals surface area (Å²) in [6.45, 7) is 0. The molecule has 0 spiro atoms. The Morgan fingerprint density at radius 3 is 2.39 bits per heavy atom. The molecular weight excluding hydrogens is 414 g/mol. The summed E-state index contributed by atoms with van der Waals surface area (Å²) in [5.74, 6) is -1.27. The minimum atomic E-state index is -0.639. The second-order valence-electron chi connectivity index (χ2n) is 8.11. The first-order valence-electron chi connectivity index (χ1n) is 10.6. The van der Waals surface area contributed by atoms with E-state index in [0.717, 1.165) is 33.8 Å². The lowest BCUT2D eigenvalue weighted by Gasteiger charge is -2.11. The molecule has 0 amide bonds. The number of carbonyl (C=O) groups excluding carboxylic acids is 2. The zero-order valence-corrected chi connectivity index (χ0v) is 18.3. The van der Waals surface area contributed by atoms with E-state index in [1.807, 2.05) is 68.8 Å². The third kappa shape index (κ3) is 4.11. The Kier molecular flexibility index (Phi) is 5.18. The number of fused-ring (bicyclic) bond motifs is 1. The summed E-state index contributed by atoms with van der Waals surface area (Å²) in [6, 6.07) is 21.8. The number of para-hydroxylation sites is 1. The highest BCUT2D eigenvalue weighted by Gasteiger charge is 2.29. The number of hydrogen-bond acceptors (Lipinski definition) is 6. The zero-order chi connectivity index (χ0) is 22.9. The Labute approximate surface area is 191 Å². The first-order chi connectivity index (χ1) is 16.0. The van der Waals surface area contributed by atoms with E-state index in [0.29, 0.717) is 17.7 Å². The molecule has 0 saturated carbocycles. The van der Waals surface area contributed by atoms with Gasteiger partial charge in [0.2, 0.25) is 0 Å². The van der Waals surface area contributed by atoms with Crippen LogP contribution in [0.3, 0.4) is 0 Å². The number of ether oxygens (including phenoxy) is 1. The lowest BCUT2D eigenvalue weighted by Crippen LogP contribution is -2.08. The normalized spacial score (nSPS) is 14.8. The number of benzene rings is 3. The summed E-state index contributed by atoms with van der Waals surface area (Å²) in [5.41, 5.74) is 7.54. The number of hydrogen-bond donors (Lipinski definition) is 0. The van der Waals surface area contributed by atoms with Crippen molar-refractivity contribution in [2.45, 2.75) is 6.42 Å². The van der Waals surface area contributed by atoms with E-state index in [-0.39, 0.29) is 5.57 Å². The standard InChI is InChI=1S/C27H21N3O3/c1-30(2)21-12-6-17(7-13-21)16-28-20-10-8-18(9-11-20)24-14-19-4-3-5-22(26(19)29-24)23-15-25(31)33-27(23)32/h3-13,15-16H,14H2,1-2H3. The van der Waals surface area contributed by atoms with Crippen LogP contribution in [0, 0.1) is 0 Å². The molecule has 2 heterocycles. The summed E-state index contributed by atoms with van der Waals surface area (Å²) in [6.07, 6.45) is 3.73. The van der Waals surface area contributed by atoms with Crippen LogP contribution in [0.2, 0.25) is 0 Å². The average Bonchev–Trinajstić information content (AvgIpc) is 3.40. The van der Waals surface area contributed by atoms with Gasteiger partial charge in [0.05, 0.1) is 22.7 Å². The number of nitrogens with zero attached hydrogens (tertiary/aromatic N) is 3. The third-order valence-electron chi connectivity index (χ3n) is 5.66. The van der Waals surface area contributed by atoms with Crippen molar-refractivity contribution in [3.63, 3.8) is 0 Å². The molecule has 3 aromatic rings. The molecule has 0 saturated heterocycles. The third-order valence-corrected chi connectivity index (χ3v) is 5.66. The molecule has 0 atom stereocenters. The molecule has 3 aromatic carbocycles. The Hall–Kier alpha value is -4.32. The molecule has 0 unspecified atom stereocenters. The molecule has 2 aliphatic rings. The van der Waals surface area contributed by atoms with Crippen molar-refractivity contribution in [1.82, 2.24) is 0 Å². The summed E-state index contributed by atoms with van der Waals surface area (Å²) in [4.78, 5) is 34.9. The first kappa shape index (κ1) is 20.6. The molecule has 5 rings (SSSR count). The monoisotopic (exact) mass is 435 g/mol. The predicted octanol–water partition coefficient (Wildman–Crippen LogP) is 4.65. The maximum atomic E-state index is 12.0. The van der Waals surface area contributed by atoms with Crippen molar-refractivity contribution in [2.75, 3.05) is 19.0 Å². The number of aliphatic imine (C=N–C) groups is 2. The fraction of sp³-hybridized carbons (Fsp3) is 0.111. The van der Waals surface area contributed by atoms with Crippen molar-refractivity contribution in [3.05, 3.63) is 95.1 Å². The maximum absolute atomic E-state index is 12.0. The van der Waals surface area contributed by atoms with E-state index in [9.17, 15) is 9.59 Å². The van der Waals surface area contributed by atoms with Gasteiger partial charge in [-0.2, -0.15) is 0 Å². The molecule has 33 heavy (non-hydrogen) atoms. The van der Waals surface area contributed by atoms with Crippen LogP contribution in [-0.2, 0) is 20.7 Å². The minimum absolute atomic E-state index is 0.255. The highest BCUT2D eigenvalue weighted by Crippen LogP contribution is 2.37. The fourth-order valence-electron chi connectivity index (χ4n) is 3.89. The highest BCUT2D eigenvalue weighted by atomic mass is 16.6. The predicted molar refractivity (Wildman–Crippen MR) is 130 cm³/mol. The van der Waals surface area contributed by atoms with Crippen molar-refractivity contribution < 1.29 is 14.3 Å². The van der Waals surface area contributed by atoms with Gasteiger partial charge < -0.3 is 9.64 Å².